The molecule has 0 bridgehead atoms. The van der Waals surface area contributed by atoms with Crippen molar-refractivity contribution in [2.45, 2.75) is 11.3 Å². The Balaban J connectivity index is 1.83. The first kappa shape index (κ1) is 18.9. The van der Waals surface area contributed by atoms with E-state index in [1.54, 1.807) is 36.4 Å². The van der Waals surface area contributed by atoms with E-state index in [1.165, 1.54) is 12.1 Å². The van der Waals surface area contributed by atoms with Crippen LogP contribution < -0.4 is 4.74 Å². The van der Waals surface area contributed by atoms with Crippen LogP contribution in [-0.2, 0) is 16.3 Å². The number of allylic oxidation sites excluding steroid dienone is 1. The van der Waals surface area contributed by atoms with Crippen molar-refractivity contribution in [1.82, 2.24) is 0 Å². The summed E-state index contributed by atoms with van der Waals surface area (Å²) in [5.74, 6) is 1.35. The minimum Gasteiger partial charge on any atom is -0.456 e. The molecule has 1 aliphatic rings. The van der Waals surface area contributed by atoms with Gasteiger partial charge in [-0.3, -0.25) is 10.1 Å². The molecule has 4 rings (SSSR count). The highest BCUT2D eigenvalue weighted by atomic mass is 32.2. The zero-order chi connectivity index (χ0) is 20.6. The van der Waals surface area contributed by atoms with Crippen LogP contribution in [0.15, 0.2) is 77.7 Å². The summed E-state index contributed by atoms with van der Waals surface area (Å²) in [6.07, 6.45) is 1.76. The van der Waals surface area contributed by atoms with E-state index >= 15 is 0 Å². The van der Waals surface area contributed by atoms with Crippen molar-refractivity contribution in [2.24, 2.45) is 0 Å². The van der Waals surface area contributed by atoms with E-state index in [9.17, 15) is 18.5 Å². The second-order valence-corrected chi connectivity index (χ2v) is 8.81. The van der Waals surface area contributed by atoms with Crippen LogP contribution in [0, 0.1) is 10.1 Å². The molecular formula is C22H17NO5S. The lowest BCUT2D eigenvalue weighted by atomic mass is 9.92. The number of ether oxygens (including phenoxy) is 1. The number of nitro groups is 1. The molecule has 0 aliphatic carbocycles. The van der Waals surface area contributed by atoms with E-state index in [-0.39, 0.29) is 10.6 Å². The number of benzene rings is 3. The fourth-order valence-corrected chi connectivity index (χ4v) is 3.93. The lowest BCUT2D eigenvalue weighted by Crippen LogP contribution is -2.09. The number of hydrogen-bond acceptors (Lipinski definition) is 5. The molecule has 0 spiro atoms. The predicted molar refractivity (Wildman–Crippen MR) is 110 cm³/mol. The normalized spacial score (nSPS) is 13.6. The molecular weight excluding hydrogens is 390 g/mol. The van der Waals surface area contributed by atoms with Crippen molar-refractivity contribution >= 4 is 26.9 Å². The number of rotatable bonds is 4. The second-order valence-electron chi connectivity index (χ2n) is 6.79. The van der Waals surface area contributed by atoms with Crippen LogP contribution in [0.1, 0.15) is 16.7 Å². The first-order valence-electron chi connectivity index (χ1n) is 8.87. The summed E-state index contributed by atoms with van der Waals surface area (Å²) >= 11 is 0. The monoisotopic (exact) mass is 407 g/mol. The molecule has 7 heteroatoms. The molecule has 6 nitrogen and oxygen atoms in total. The number of nitro benzene ring substituents is 1. The Bertz CT molecular complexity index is 1230. The molecule has 3 aromatic carbocycles. The highest BCUT2D eigenvalue weighted by Gasteiger charge is 2.23. The number of nitrogens with zero attached hydrogens (tertiary/aromatic N) is 1. The van der Waals surface area contributed by atoms with E-state index < -0.39 is 14.8 Å². The van der Waals surface area contributed by atoms with Gasteiger partial charge in [0.1, 0.15) is 11.5 Å². The zero-order valence-electron chi connectivity index (χ0n) is 15.5. The molecule has 0 amide bonds. The Kier molecular flexibility index (Phi) is 4.68. The molecule has 3 aromatic rings. The standard InChI is InChI=1S/C22H17NO5S/c1-29(26,27)19-12-8-16(9-13-19)22-20(14-17-4-2-3-5-21(17)28-22)15-6-10-18(11-7-15)23(24)25/h2-13H,14H2,1H3. The summed E-state index contributed by atoms with van der Waals surface area (Å²) in [6, 6.07) is 20.5. The van der Waals surface area contributed by atoms with Gasteiger partial charge in [0, 0.05) is 35.9 Å². The molecule has 29 heavy (non-hydrogen) atoms. The van der Waals surface area contributed by atoms with Crippen LogP contribution in [0.4, 0.5) is 5.69 Å². The van der Waals surface area contributed by atoms with Gasteiger partial charge in [0.25, 0.3) is 5.69 Å². The molecule has 0 saturated carbocycles. The van der Waals surface area contributed by atoms with Gasteiger partial charge in [-0.05, 0) is 53.6 Å². The molecule has 0 N–H and O–H groups in total. The van der Waals surface area contributed by atoms with Gasteiger partial charge in [-0.25, -0.2) is 8.42 Å². The summed E-state index contributed by atoms with van der Waals surface area (Å²) in [7, 11) is -3.30. The van der Waals surface area contributed by atoms with Crippen molar-refractivity contribution < 1.29 is 18.1 Å². The average molecular weight is 407 g/mol. The zero-order valence-corrected chi connectivity index (χ0v) is 16.3. The Morgan fingerprint density at radius 3 is 2.14 bits per heavy atom. The summed E-state index contributed by atoms with van der Waals surface area (Å²) in [5.41, 5.74) is 3.46. The number of para-hydroxylation sites is 1. The van der Waals surface area contributed by atoms with E-state index in [0.29, 0.717) is 12.2 Å². The van der Waals surface area contributed by atoms with Crippen molar-refractivity contribution in [1.29, 1.82) is 0 Å². The van der Waals surface area contributed by atoms with Gasteiger partial charge in [-0.1, -0.05) is 18.2 Å². The summed E-state index contributed by atoms with van der Waals surface area (Å²) in [6.45, 7) is 0. The van der Waals surface area contributed by atoms with Crippen LogP contribution in [-0.4, -0.2) is 19.6 Å². The molecule has 1 heterocycles. The van der Waals surface area contributed by atoms with Gasteiger partial charge in [0.15, 0.2) is 9.84 Å². The van der Waals surface area contributed by atoms with Gasteiger partial charge in [0.2, 0.25) is 0 Å². The average Bonchev–Trinajstić information content (AvgIpc) is 2.72. The first-order valence-corrected chi connectivity index (χ1v) is 10.8. The molecule has 1 aliphatic heterocycles. The topological polar surface area (TPSA) is 86.5 Å². The quantitative estimate of drug-likeness (QED) is 0.469. The van der Waals surface area contributed by atoms with E-state index in [0.717, 1.165) is 34.3 Å². The van der Waals surface area contributed by atoms with Crippen LogP contribution in [0.2, 0.25) is 0 Å². The summed E-state index contributed by atoms with van der Waals surface area (Å²) in [5, 5.41) is 11.0. The SMILES string of the molecule is CS(=O)(=O)c1ccc(C2=C(c3ccc([N+](=O)[O-])cc3)Cc3ccccc3O2)cc1. The Morgan fingerprint density at radius 2 is 1.52 bits per heavy atom. The molecule has 0 saturated heterocycles. The predicted octanol–water partition coefficient (Wildman–Crippen LogP) is 4.50. The summed E-state index contributed by atoms with van der Waals surface area (Å²) in [4.78, 5) is 10.8. The van der Waals surface area contributed by atoms with Gasteiger partial charge in [-0.15, -0.1) is 0 Å². The van der Waals surface area contributed by atoms with Crippen molar-refractivity contribution in [3.63, 3.8) is 0 Å². The maximum Gasteiger partial charge on any atom is 0.269 e. The highest BCUT2D eigenvalue weighted by Crippen LogP contribution is 2.39. The molecule has 0 aromatic heterocycles. The van der Waals surface area contributed by atoms with Crippen LogP contribution in [0.5, 0.6) is 5.75 Å². The summed E-state index contributed by atoms with van der Waals surface area (Å²) < 4.78 is 29.7. The lowest BCUT2D eigenvalue weighted by molar-refractivity contribution is -0.384. The van der Waals surface area contributed by atoms with E-state index in [1.807, 2.05) is 24.3 Å². The third-order valence-corrected chi connectivity index (χ3v) is 5.93. The van der Waals surface area contributed by atoms with Crippen LogP contribution in [0.3, 0.4) is 0 Å². The lowest BCUT2D eigenvalue weighted by Gasteiger charge is -2.24. The molecule has 146 valence electrons. The third kappa shape index (κ3) is 3.77. The molecule has 0 fully saturated rings. The van der Waals surface area contributed by atoms with Crippen molar-refractivity contribution in [3.8, 4) is 5.75 Å². The maximum atomic E-state index is 11.8. The minimum absolute atomic E-state index is 0.0190. The fourth-order valence-electron chi connectivity index (χ4n) is 3.30. The van der Waals surface area contributed by atoms with Gasteiger partial charge in [-0.2, -0.15) is 0 Å². The maximum absolute atomic E-state index is 11.8. The smallest absolute Gasteiger partial charge is 0.269 e. The minimum atomic E-state index is -3.30. The third-order valence-electron chi connectivity index (χ3n) is 4.80. The Labute approximate surface area is 168 Å². The number of hydrogen-bond donors (Lipinski definition) is 0. The first-order chi connectivity index (χ1) is 13.8. The number of sulfone groups is 1. The number of non-ortho nitro benzene ring substituents is 1. The van der Waals surface area contributed by atoms with E-state index in [2.05, 4.69) is 0 Å². The molecule has 0 atom stereocenters. The van der Waals surface area contributed by atoms with Crippen LogP contribution >= 0.6 is 0 Å². The second kappa shape index (κ2) is 7.18. The Hall–Kier alpha value is -3.45. The van der Waals surface area contributed by atoms with E-state index in [4.69, 9.17) is 4.74 Å². The largest absolute Gasteiger partial charge is 0.456 e. The highest BCUT2D eigenvalue weighted by molar-refractivity contribution is 7.90. The molecule has 0 radical (unpaired) electrons. The molecule has 0 unspecified atom stereocenters. The van der Waals surface area contributed by atoms with Crippen molar-refractivity contribution in [3.05, 3.63) is 99.6 Å². The number of fused-ring (bicyclic) bond motifs is 1. The van der Waals surface area contributed by atoms with Crippen LogP contribution in [0.25, 0.3) is 11.3 Å². The fraction of sp³-hybridized carbons (Fsp3) is 0.0909. The van der Waals surface area contributed by atoms with Gasteiger partial charge < -0.3 is 4.74 Å². The van der Waals surface area contributed by atoms with Gasteiger partial charge >= 0.3 is 0 Å². The van der Waals surface area contributed by atoms with Gasteiger partial charge in [0.05, 0.1) is 9.82 Å². The Morgan fingerprint density at radius 1 is 0.897 bits per heavy atom. The van der Waals surface area contributed by atoms with Crippen molar-refractivity contribution in [2.75, 3.05) is 6.26 Å².